The van der Waals surface area contributed by atoms with Crippen molar-refractivity contribution in [3.63, 3.8) is 0 Å². The molecule has 0 aromatic heterocycles. The van der Waals surface area contributed by atoms with E-state index in [1.54, 1.807) is 0 Å². The fourth-order valence-corrected chi connectivity index (χ4v) is 1.72. The van der Waals surface area contributed by atoms with Crippen LogP contribution in [0.25, 0.3) is 0 Å². The molecule has 0 aromatic rings. The molecule has 0 N–H and O–H groups in total. The third kappa shape index (κ3) is 1.99. The zero-order valence-corrected chi connectivity index (χ0v) is 9.29. The Morgan fingerprint density at radius 3 is 3.12 bits per heavy atom. The Balaban J connectivity index is 2.06. The molecule has 0 radical (unpaired) electrons. The summed E-state index contributed by atoms with van der Waals surface area (Å²) in [5, 5.41) is 0. The van der Waals surface area contributed by atoms with Crippen LogP contribution < -0.4 is 0 Å². The average molecular weight is 306 g/mol. The number of hydrogen-bond acceptors (Lipinski definition) is 2. The maximum absolute atomic E-state index is 5.30. The summed E-state index contributed by atoms with van der Waals surface area (Å²) >= 11 is 0.671. The van der Waals surface area contributed by atoms with E-state index in [4.69, 9.17) is 7.42 Å². The van der Waals surface area contributed by atoms with Gasteiger partial charge in [0.25, 0.3) is 0 Å². The van der Waals surface area contributed by atoms with Gasteiger partial charge in [0.15, 0.2) is 0 Å². The molecule has 3 heteroatoms. The minimum atomic E-state index is 0.431. The monoisotopic (exact) mass is 306 g/mol. The van der Waals surface area contributed by atoms with Gasteiger partial charge in [-0.15, -0.1) is 0 Å². The molecule has 1 aliphatic rings. The second-order valence-corrected chi connectivity index (χ2v) is 3.26. The van der Waals surface area contributed by atoms with E-state index in [1.807, 2.05) is 0 Å². The molecule has 1 fully saturated rings. The van der Waals surface area contributed by atoms with Crippen LogP contribution in [0.15, 0.2) is 0 Å². The van der Waals surface area contributed by atoms with E-state index in [0.29, 0.717) is 32.3 Å². The first kappa shape index (κ1) is 6.96. The molecule has 0 bridgehead atoms. The molecule has 1 aliphatic heterocycles. The standard InChI is InChI=1S/C5H9O2.Tl/c6-4-5-2-1-3-7-5;/h5H,1-4H2;/q-1;+1. The van der Waals surface area contributed by atoms with Crippen LogP contribution in [-0.4, -0.2) is 45.5 Å². The number of ether oxygens (including phenoxy) is 1. The molecule has 0 aromatic carbocycles. The van der Waals surface area contributed by atoms with Crippen molar-refractivity contribution in [3.05, 3.63) is 0 Å². The molecule has 1 unspecified atom stereocenters. The molecule has 0 amide bonds. The van der Waals surface area contributed by atoms with Crippen molar-refractivity contribution in [1.29, 1.82) is 0 Å². The van der Waals surface area contributed by atoms with E-state index in [9.17, 15) is 0 Å². The molecule has 1 heterocycles. The van der Waals surface area contributed by atoms with Gasteiger partial charge in [-0.05, 0) is 0 Å². The van der Waals surface area contributed by atoms with Gasteiger partial charge in [0.2, 0.25) is 0 Å². The fourth-order valence-electron chi connectivity index (χ4n) is 0.883. The van der Waals surface area contributed by atoms with Crippen LogP contribution in [0.1, 0.15) is 12.8 Å². The average Bonchev–Trinajstić information content (AvgIpc) is 2.19. The summed E-state index contributed by atoms with van der Waals surface area (Å²) in [7, 11) is 0. The Labute approximate surface area is 65.9 Å². The first-order valence-corrected chi connectivity index (χ1v) is 4.70. The van der Waals surface area contributed by atoms with Gasteiger partial charge in [0.1, 0.15) is 0 Å². The fraction of sp³-hybridized carbons (Fsp3) is 1.00. The SMILES string of the molecule is [Tl][O]CC1CCCO1. The summed E-state index contributed by atoms with van der Waals surface area (Å²) in [4.78, 5) is 0. The zero-order valence-electron chi connectivity index (χ0n) is 4.80. The second-order valence-electron chi connectivity index (χ2n) is 1.97. The summed E-state index contributed by atoms with van der Waals surface area (Å²) < 4.78 is 10.4. The van der Waals surface area contributed by atoms with Crippen molar-refractivity contribution in [1.82, 2.24) is 0 Å². The van der Waals surface area contributed by atoms with E-state index < -0.39 is 0 Å². The van der Waals surface area contributed by atoms with Crippen molar-refractivity contribution >= 4 is 26.2 Å². The molecule has 0 saturated carbocycles. The maximum atomic E-state index is 5.30. The van der Waals surface area contributed by atoms with Gasteiger partial charge in [0, 0.05) is 0 Å². The van der Waals surface area contributed by atoms with E-state index in [1.165, 1.54) is 12.8 Å². The molecule has 44 valence electrons. The van der Waals surface area contributed by atoms with Gasteiger partial charge in [-0.3, -0.25) is 0 Å². The van der Waals surface area contributed by atoms with Gasteiger partial charge >= 0.3 is 65.8 Å². The Kier molecular flexibility index (Phi) is 3.29. The normalized spacial score (nSPS) is 28.6. The van der Waals surface area contributed by atoms with Crippen molar-refractivity contribution < 1.29 is 7.42 Å². The molecular formula is C5H9O2Tl. The minimum absolute atomic E-state index is 0.431. The van der Waals surface area contributed by atoms with Crippen molar-refractivity contribution in [2.75, 3.05) is 13.2 Å². The predicted molar refractivity (Wildman–Crippen MR) is 30.7 cm³/mol. The number of rotatable bonds is 2. The Hall–Kier alpha value is 0.842. The van der Waals surface area contributed by atoms with E-state index in [2.05, 4.69) is 0 Å². The summed E-state index contributed by atoms with van der Waals surface area (Å²) in [5.74, 6) is 0. The Bertz CT molecular complexity index is 61.4. The third-order valence-corrected chi connectivity index (χ3v) is 2.05. The van der Waals surface area contributed by atoms with Gasteiger partial charge in [-0.2, -0.15) is 0 Å². The zero-order chi connectivity index (χ0) is 5.82. The van der Waals surface area contributed by atoms with Gasteiger partial charge < -0.3 is 0 Å². The summed E-state index contributed by atoms with van der Waals surface area (Å²) in [6, 6.07) is 0. The van der Waals surface area contributed by atoms with Crippen LogP contribution in [0.3, 0.4) is 0 Å². The second kappa shape index (κ2) is 3.79. The summed E-state index contributed by atoms with van der Waals surface area (Å²) in [6.07, 6.45) is 2.85. The van der Waals surface area contributed by atoms with Crippen LogP contribution in [-0.2, 0) is 7.42 Å². The van der Waals surface area contributed by atoms with Crippen LogP contribution >= 0.6 is 0 Å². The molecule has 1 atom stereocenters. The van der Waals surface area contributed by atoms with Crippen LogP contribution in [0.2, 0.25) is 0 Å². The van der Waals surface area contributed by atoms with Crippen molar-refractivity contribution in [2.45, 2.75) is 18.9 Å². The topological polar surface area (TPSA) is 18.5 Å². The molecule has 8 heavy (non-hydrogen) atoms. The van der Waals surface area contributed by atoms with Crippen LogP contribution in [0.5, 0.6) is 0 Å². The van der Waals surface area contributed by atoms with Crippen LogP contribution in [0, 0.1) is 0 Å². The molecule has 0 spiro atoms. The summed E-state index contributed by atoms with van der Waals surface area (Å²) in [6.45, 7) is 1.78. The number of hydrogen-bond donors (Lipinski definition) is 0. The van der Waals surface area contributed by atoms with Gasteiger partial charge in [-0.25, -0.2) is 0 Å². The molecule has 1 rings (SSSR count). The molecule has 1 saturated heterocycles. The molecular weight excluding hydrogens is 296 g/mol. The van der Waals surface area contributed by atoms with Crippen molar-refractivity contribution in [3.8, 4) is 0 Å². The Morgan fingerprint density at radius 1 is 1.75 bits per heavy atom. The molecule has 2 nitrogen and oxygen atoms in total. The first-order chi connectivity index (χ1) is 3.93. The first-order valence-electron chi connectivity index (χ1n) is 2.87. The van der Waals surface area contributed by atoms with Gasteiger partial charge in [0.05, 0.1) is 0 Å². The van der Waals surface area contributed by atoms with E-state index in [-0.39, 0.29) is 0 Å². The van der Waals surface area contributed by atoms with E-state index >= 15 is 0 Å². The predicted octanol–water partition coefficient (Wildman–Crippen LogP) is 0.265. The Morgan fingerprint density at radius 2 is 2.62 bits per heavy atom. The van der Waals surface area contributed by atoms with Crippen LogP contribution in [0.4, 0.5) is 0 Å². The van der Waals surface area contributed by atoms with E-state index in [0.717, 1.165) is 13.2 Å². The summed E-state index contributed by atoms with van der Waals surface area (Å²) in [5.41, 5.74) is 0. The van der Waals surface area contributed by atoms with Gasteiger partial charge in [-0.1, -0.05) is 0 Å². The third-order valence-electron chi connectivity index (χ3n) is 1.31. The van der Waals surface area contributed by atoms with Crippen molar-refractivity contribution in [2.24, 2.45) is 0 Å². The quantitative estimate of drug-likeness (QED) is 0.682. The molecule has 0 aliphatic carbocycles.